The number of aliphatic hydroxyl groups excluding tert-OH is 1. The van der Waals surface area contributed by atoms with Gasteiger partial charge in [0.05, 0.1) is 6.10 Å². The molecule has 0 bridgehead atoms. The van der Waals surface area contributed by atoms with Crippen molar-refractivity contribution < 1.29 is 9.90 Å². The Morgan fingerprint density at radius 2 is 2.00 bits per heavy atom. The van der Waals surface area contributed by atoms with Crippen LogP contribution in [0.1, 0.15) is 27.7 Å². The van der Waals surface area contributed by atoms with Gasteiger partial charge in [0.25, 0.3) is 0 Å². The normalized spacial score (nSPS) is 15.9. The highest BCUT2D eigenvalue weighted by molar-refractivity contribution is 7.98. The van der Waals surface area contributed by atoms with Crippen molar-refractivity contribution in [2.75, 3.05) is 18.6 Å². The Kier molecular flexibility index (Phi) is 6.29. The topological polar surface area (TPSA) is 49.3 Å². The Balaban J connectivity index is 3.90. The maximum Gasteiger partial charge on any atom is 0.223 e. The van der Waals surface area contributed by atoms with E-state index in [-0.39, 0.29) is 17.2 Å². The van der Waals surface area contributed by atoms with E-state index in [0.29, 0.717) is 6.54 Å². The molecule has 0 heterocycles. The number of amides is 1. The van der Waals surface area contributed by atoms with E-state index in [1.807, 2.05) is 34.0 Å². The van der Waals surface area contributed by atoms with Gasteiger partial charge in [-0.2, -0.15) is 11.8 Å². The van der Waals surface area contributed by atoms with Gasteiger partial charge in [0.2, 0.25) is 5.91 Å². The molecule has 3 nitrogen and oxygen atoms in total. The van der Waals surface area contributed by atoms with Crippen molar-refractivity contribution in [3.05, 3.63) is 0 Å². The van der Waals surface area contributed by atoms with Crippen molar-refractivity contribution >= 4 is 17.7 Å². The standard InChI is InChI=1S/C11H23NO2S/c1-8(7-15-5)10(14)12-6-9(13)11(2,3)4/h8-9,13H,6-7H2,1-5H3,(H,12,14). The largest absolute Gasteiger partial charge is 0.391 e. The molecule has 0 saturated heterocycles. The van der Waals surface area contributed by atoms with E-state index in [1.165, 1.54) is 0 Å². The molecule has 0 aromatic rings. The second kappa shape index (κ2) is 6.38. The predicted molar refractivity (Wildman–Crippen MR) is 66.0 cm³/mol. The molecule has 0 aliphatic heterocycles. The van der Waals surface area contributed by atoms with Crippen LogP contribution in [0, 0.1) is 11.3 Å². The SMILES string of the molecule is CSCC(C)C(=O)NCC(O)C(C)(C)C. The van der Waals surface area contributed by atoms with Gasteiger partial charge >= 0.3 is 0 Å². The Morgan fingerprint density at radius 1 is 1.47 bits per heavy atom. The lowest BCUT2D eigenvalue weighted by Gasteiger charge is -2.26. The van der Waals surface area contributed by atoms with Crippen LogP contribution in [0.3, 0.4) is 0 Å². The highest BCUT2D eigenvalue weighted by atomic mass is 32.2. The first-order valence-corrected chi connectivity index (χ1v) is 6.63. The monoisotopic (exact) mass is 233 g/mol. The zero-order valence-corrected chi connectivity index (χ0v) is 11.1. The van der Waals surface area contributed by atoms with Gasteiger partial charge in [0.15, 0.2) is 0 Å². The van der Waals surface area contributed by atoms with Gasteiger partial charge in [-0.05, 0) is 11.7 Å². The Labute approximate surface area is 97.0 Å². The molecule has 4 heteroatoms. The van der Waals surface area contributed by atoms with Gasteiger partial charge in [-0.1, -0.05) is 27.7 Å². The number of thioether (sulfide) groups is 1. The first-order chi connectivity index (χ1) is 6.79. The molecule has 0 aliphatic rings. The number of carbonyl (C=O) groups excluding carboxylic acids is 1. The molecule has 0 aromatic heterocycles. The van der Waals surface area contributed by atoms with Crippen LogP contribution in [0.5, 0.6) is 0 Å². The average Bonchev–Trinajstić information content (AvgIpc) is 2.12. The summed E-state index contributed by atoms with van der Waals surface area (Å²) in [4.78, 5) is 11.5. The molecular weight excluding hydrogens is 210 g/mol. The molecule has 2 N–H and O–H groups in total. The maximum absolute atomic E-state index is 11.5. The van der Waals surface area contributed by atoms with E-state index >= 15 is 0 Å². The third-order valence-electron chi connectivity index (χ3n) is 2.33. The van der Waals surface area contributed by atoms with Crippen LogP contribution in [0.25, 0.3) is 0 Å². The smallest absolute Gasteiger partial charge is 0.223 e. The predicted octanol–water partition coefficient (Wildman–Crippen LogP) is 1.51. The van der Waals surface area contributed by atoms with Gasteiger partial charge in [0, 0.05) is 18.2 Å². The van der Waals surface area contributed by atoms with Crippen LogP contribution in [-0.4, -0.2) is 35.7 Å². The number of aliphatic hydroxyl groups is 1. The fourth-order valence-corrected chi connectivity index (χ4v) is 1.65. The first-order valence-electron chi connectivity index (χ1n) is 5.23. The van der Waals surface area contributed by atoms with Crippen molar-refractivity contribution in [3.8, 4) is 0 Å². The third kappa shape index (κ3) is 6.05. The molecular formula is C11H23NO2S. The molecule has 90 valence electrons. The second-order valence-corrected chi connectivity index (χ2v) is 5.89. The Hall–Kier alpha value is -0.220. The van der Waals surface area contributed by atoms with Crippen molar-refractivity contribution in [2.45, 2.75) is 33.8 Å². The van der Waals surface area contributed by atoms with Crippen molar-refractivity contribution in [1.82, 2.24) is 5.32 Å². The van der Waals surface area contributed by atoms with Gasteiger partial charge in [0.1, 0.15) is 0 Å². The molecule has 0 aliphatic carbocycles. The fraction of sp³-hybridized carbons (Fsp3) is 0.909. The molecule has 1 amide bonds. The molecule has 2 unspecified atom stereocenters. The third-order valence-corrected chi connectivity index (χ3v) is 3.17. The fourth-order valence-electron chi connectivity index (χ4n) is 1.00. The minimum absolute atomic E-state index is 0.00664. The molecule has 0 rings (SSSR count). The molecule has 0 radical (unpaired) electrons. The van der Waals surface area contributed by atoms with Crippen LogP contribution < -0.4 is 5.32 Å². The van der Waals surface area contributed by atoms with Crippen LogP contribution in [-0.2, 0) is 4.79 Å². The lowest BCUT2D eigenvalue weighted by Crippen LogP contribution is -2.41. The number of hydrogen-bond donors (Lipinski definition) is 2. The highest BCUT2D eigenvalue weighted by Crippen LogP contribution is 2.18. The highest BCUT2D eigenvalue weighted by Gasteiger charge is 2.23. The zero-order chi connectivity index (χ0) is 12.1. The molecule has 0 spiro atoms. The number of carbonyl (C=O) groups is 1. The minimum atomic E-state index is -0.497. The lowest BCUT2D eigenvalue weighted by molar-refractivity contribution is -0.124. The van der Waals surface area contributed by atoms with E-state index in [2.05, 4.69) is 5.32 Å². The zero-order valence-electron chi connectivity index (χ0n) is 10.3. The van der Waals surface area contributed by atoms with Crippen molar-refractivity contribution in [3.63, 3.8) is 0 Å². The Bertz CT molecular complexity index is 201. The van der Waals surface area contributed by atoms with Crippen LogP contribution in [0.4, 0.5) is 0 Å². The average molecular weight is 233 g/mol. The number of rotatable bonds is 5. The summed E-state index contributed by atoms with van der Waals surface area (Å²) in [5.41, 5.74) is -0.184. The summed E-state index contributed by atoms with van der Waals surface area (Å²) < 4.78 is 0. The number of nitrogens with one attached hydrogen (secondary N) is 1. The summed E-state index contributed by atoms with van der Waals surface area (Å²) in [5.74, 6) is 0.845. The summed E-state index contributed by atoms with van der Waals surface area (Å²) in [7, 11) is 0. The van der Waals surface area contributed by atoms with Gasteiger partial charge in [-0.25, -0.2) is 0 Å². The summed E-state index contributed by atoms with van der Waals surface area (Å²) in [5, 5.41) is 12.5. The second-order valence-electron chi connectivity index (χ2n) is 4.98. The molecule has 0 aromatic carbocycles. The van der Waals surface area contributed by atoms with Crippen molar-refractivity contribution in [1.29, 1.82) is 0 Å². The maximum atomic E-state index is 11.5. The van der Waals surface area contributed by atoms with Crippen molar-refractivity contribution in [2.24, 2.45) is 11.3 Å². The van der Waals surface area contributed by atoms with E-state index in [4.69, 9.17) is 0 Å². The number of hydrogen-bond acceptors (Lipinski definition) is 3. The summed E-state index contributed by atoms with van der Waals surface area (Å²) >= 11 is 1.65. The summed E-state index contributed by atoms with van der Waals surface area (Å²) in [6.07, 6.45) is 1.48. The van der Waals surface area contributed by atoms with E-state index in [0.717, 1.165) is 5.75 Å². The van der Waals surface area contributed by atoms with Crippen LogP contribution >= 0.6 is 11.8 Å². The summed E-state index contributed by atoms with van der Waals surface area (Å²) in [6, 6.07) is 0. The van der Waals surface area contributed by atoms with Gasteiger partial charge < -0.3 is 10.4 Å². The molecule has 15 heavy (non-hydrogen) atoms. The minimum Gasteiger partial charge on any atom is -0.391 e. The van der Waals surface area contributed by atoms with Gasteiger partial charge in [-0.15, -0.1) is 0 Å². The van der Waals surface area contributed by atoms with E-state index < -0.39 is 6.10 Å². The first kappa shape index (κ1) is 14.8. The van der Waals surface area contributed by atoms with Crippen LogP contribution in [0.15, 0.2) is 0 Å². The molecule has 0 saturated carbocycles. The molecule has 2 atom stereocenters. The van der Waals surface area contributed by atoms with Crippen LogP contribution in [0.2, 0.25) is 0 Å². The lowest BCUT2D eigenvalue weighted by atomic mass is 9.89. The Morgan fingerprint density at radius 3 is 2.40 bits per heavy atom. The van der Waals surface area contributed by atoms with E-state index in [1.54, 1.807) is 11.8 Å². The quantitative estimate of drug-likeness (QED) is 0.757. The van der Waals surface area contributed by atoms with E-state index in [9.17, 15) is 9.90 Å². The molecule has 0 fully saturated rings. The van der Waals surface area contributed by atoms with Gasteiger partial charge in [-0.3, -0.25) is 4.79 Å². The summed E-state index contributed by atoms with van der Waals surface area (Å²) in [6.45, 7) is 8.09.